The summed E-state index contributed by atoms with van der Waals surface area (Å²) in [6.45, 7) is 0. The van der Waals surface area contributed by atoms with E-state index in [4.69, 9.17) is 5.11 Å². The number of carboxylic acid groups (broad SMARTS) is 1. The Hall–Kier alpha value is -3.67. The molecule has 5 nitrogen and oxygen atoms in total. The number of hydrogen-bond donors (Lipinski definition) is 3. The van der Waals surface area contributed by atoms with Gasteiger partial charge in [-0.3, -0.25) is 4.79 Å². The molecule has 0 saturated carbocycles. The molecule has 0 spiro atoms. The van der Waals surface area contributed by atoms with Crippen molar-refractivity contribution in [1.82, 2.24) is 4.98 Å². The molecular weight excluding hydrogens is 347 g/mol. The van der Waals surface area contributed by atoms with Crippen LogP contribution in [0.4, 0.5) is 10.1 Å². The molecule has 1 aliphatic rings. The number of anilines is 1. The number of amides is 1. The first kappa shape index (κ1) is 16.8. The zero-order valence-electron chi connectivity index (χ0n) is 14.1. The monoisotopic (exact) mass is 362 g/mol. The van der Waals surface area contributed by atoms with Gasteiger partial charge in [0.15, 0.2) is 0 Å². The Labute approximate surface area is 154 Å². The molecule has 0 radical (unpaired) electrons. The Kier molecular flexibility index (Phi) is 4.08. The van der Waals surface area contributed by atoms with Gasteiger partial charge in [0.2, 0.25) is 0 Å². The number of fused-ring (bicyclic) bond motifs is 1. The molecular formula is C21H15FN2O3. The Morgan fingerprint density at radius 2 is 1.93 bits per heavy atom. The molecule has 2 aromatic carbocycles. The number of aromatic amines is 1. The van der Waals surface area contributed by atoms with Crippen molar-refractivity contribution in [2.24, 2.45) is 0 Å². The number of halogens is 1. The van der Waals surface area contributed by atoms with Gasteiger partial charge in [-0.1, -0.05) is 30.3 Å². The van der Waals surface area contributed by atoms with Crippen molar-refractivity contribution in [3.63, 3.8) is 0 Å². The molecule has 0 aliphatic carbocycles. The van der Waals surface area contributed by atoms with Crippen molar-refractivity contribution in [1.29, 1.82) is 0 Å². The summed E-state index contributed by atoms with van der Waals surface area (Å²) in [6, 6.07) is 13.2. The number of carbonyl (C=O) groups excluding carboxylic acids is 1. The molecule has 0 saturated heterocycles. The molecule has 3 aromatic rings. The zero-order valence-corrected chi connectivity index (χ0v) is 14.1. The lowest BCUT2D eigenvalue weighted by Gasteiger charge is -2.08. The largest absolute Gasteiger partial charge is 0.478 e. The summed E-state index contributed by atoms with van der Waals surface area (Å²) >= 11 is 0. The topological polar surface area (TPSA) is 82.2 Å². The smallest absolute Gasteiger partial charge is 0.337 e. The summed E-state index contributed by atoms with van der Waals surface area (Å²) < 4.78 is 13.3. The van der Waals surface area contributed by atoms with Crippen LogP contribution in [0, 0.1) is 5.82 Å². The van der Waals surface area contributed by atoms with E-state index in [1.807, 2.05) is 18.2 Å². The number of rotatable bonds is 4. The molecule has 1 amide bonds. The van der Waals surface area contributed by atoms with E-state index in [0.717, 1.165) is 16.7 Å². The molecule has 6 heteroatoms. The molecule has 27 heavy (non-hydrogen) atoms. The molecule has 4 rings (SSSR count). The van der Waals surface area contributed by atoms with E-state index in [-0.39, 0.29) is 17.3 Å². The number of nitrogens with one attached hydrogen (secondary N) is 2. The first-order valence-electron chi connectivity index (χ1n) is 8.34. The molecule has 2 heterocycles. The van der Waals surface area contributed by atoms with Gasteiger partial charge >= 0.3 is 5.97 Å². The normalized spacial score (nSPS) is 14.3. The summed E-state index contributed by atoms with van der Waals surface area (Å²) in [5, 5.41) is 11.8. The predicted octanol–water partition coefficient (Wildman–Crippen LogP) is 4.10. The van der Waals surface area contributed by atoms with Crippen LogP contribution in [-0.2, 0) is 11.2 Å². The number of carboxylic acids is 1. The average molecular weight is 362 g/mol. The van der Waals surface area contributed by atoms with Gasteiger partial charge in [0, 0.05) is 35.1 Å². The Balaban J connectivity index is 1.73. The fourth-order valence-electron chi connectivity index (χ4n) is 3.21. The van der Waals surface area contributed by atoms with Gasteiger partial charge in [0.25, 0.3) is 5.91 Å². The van der Waals surface area contributed by atoms with Crippen molar-refractivity contribution in [2.75, 3.05) is 5.32 Å². The summed E-state index contributed by atoms with van der Waals surface area (Å²) in [5.41, 5.74) is 4.48. The van der Waals surface area contributed by atoms with Crippen molar-refractivity contribution in [3.05, 3.63) is 83.4 Å². The third-order valence-corrected chi connectivity index (χ3v) is 4.50. The number of allylic oxidation sites excluding steroid dienone is 1. The predicted molar refractivity (Wildman–Crippen MR) is 99.9 cm³/mol. The maximum Gasteiger partial charge on any atom is 0.337 e. The maximum absolute atomic E-state index is 13.3. The molecule has 0 bridgehead atoms. The highest BCUT2D eigenvalue weighted by Gasteiger charge is 2.27. The van der Waals surface area contributed by atoms with Crippen LogP contribution in [0.2, 0.25) is 0 Å². The average Bonchev–Trinajstić information content (AvgIpc) is 3.24. The third kappa shape index (κ3) is 3.13. The lowest BCUT2D eigenvalue weighted by molar-refractivity contribution is -0.110. The van der Waals surface area contributed by atoms with E-state index < -0.39 is 5.97 Å². The molecule has 3 N–H and O–H groups in total. The fourth-order valence-corrected chi connectivity index (χ4v) is 3.21. The van der Waals surface area contributed by atoms with E-state index in [2.05, 4.69) is 10.3 Å². The number of carbonyl (C=O) groups is 2. The minimum atomic E-state index is -1.01. The molecule has 1 aliphatic heterocycles. The highest BCUT2D eigenvalue weighted by atomic mass is 19.1. The molecule has 0 fully saturated rings. The summed E-state index contributed by atoms with van der Waals surface area (Å²) in [5.74, 6) is -1.55. The van der Waals surface area contributed by atoms with Gasteiger partial charge in [-0.15, -0.1) is 0 Å². The Morgan fingerprint density at radius 1 is 1.15 bits per heavy atom. The van der Waals surface area contributed by atoms with Crippen molar-refractivity contribution < 1.29 is 19.1 Å². The molecule has 1 aromatic heterocycles. The van der Waals surface area contributed by atoms with E-state index in [1.54, 1.807) is 24.3 Å². The van der Waals surface area contributed by atoms with Crippen LogP contribution in [-0.4, -0.2) is 22.0 Å². The van der Waals surface area contributed by atoms with Crippen LogP contribution in [0.5, 0.6) is 0 Å². The highest BCUT2D eigenvalue weighted by molar-refractivity contribution is 6.33. The second-order valence-electron chi connectivity index (χ2n) is 6.23. The minimum absolute atomic E-state index is 0.173. The number of aromatic carboxylic acids is 1. The molecule has 0 unspecified atom stereocenters. The lowest BCUT2D eigenvalue weighted by Crippen LogP contribution is -2.04. The Morgan fingerprint density at radius 3 is 2.63 bits per heavy atom. The summed E-state index contributed by atoms with van der Waals surface area (Å²) in [7, 11) is 0. The van der Waals surface area contributed by atoms with Crippen LogP contribution >= 0.6 is 0 Å². The van der Waals surface area contributed by atoms with Crippen LogP contribution in [0.1, 0.15) is 21.6 Å². The second-order valence-corrected chi connectivity index (χ2v) is 6.23. The number of aromatic nitrogens is 1. The van der Waals surface area contributed by atoms with Crippen LogP contribution < -0.4 is 5.32 Å². The molecule has 0 atom stereocenters. The van der Waals surface area contributed by atoms with Gasteiger partial charge in [0.05, 0.1) is 5.56 Å². The van der Waals surface area contributed by atoms with Crippen LogP contribution in [0.3, 0.4) is 0 Å². The summed E-state index contributed by atoms with van der Waals surface area (Å²) in [6.07, 6.45) is 3.57. The second kappa shape index (κ2) is 6.57. The highest BCUT2D eigenvalue weighted by Crippen LogP contribution is 2.39. The van der Waals surface area contributed by atoms with E-state index in [1.165, 1.54) is 18.3 Å². The van der Waals surface area contributed by atoms with E-state index in [0.29, 0.717) is 23.4 Å². The minimum Gasteiger partial charge on any atom is -0.478 e. The van der Waals surface area contributed by atoms with Gasteiger partial charge in [-0.25, -0.2) is 9.18 Å². The number of benzene rings is 2. The van der Waals surface area contributed by atoms with Gasteiger partial charge in [0.1, 0.15) is 5.82 Å². The Bertz CT molecular complexity index is 1080. The first-order valence-corrected chi connectivity index (χ1v) is 8.34. The third-order valence-electron chi connectivity index (χ3n) is 4.50. The van der Waals surface area contributed by atoms with E-state index >= 15 is 0 Å². The zero-order chi connectivity index (χ0) is 19.0. The van der Waals surface area contributed by atoms with Gasteiger partial charge in [-0.2, -0.15) is 0 Å². The van der Waals surface area contributed by atoms with Gasteiger partial charge < -0.3 is 15.4 Å². The lowest BCUT2D eigenvalue weighted by atomic mass is 9.94. The van der Waals surface area contributed by atoms with Crippen LogP contribution in [0.25, 0.3) is 16.7 Å². The fraction of sp³-hybridized carbons (Fsp3) is 0.0476. The maximum atomic E-state index is 13.3. The molecule has 134 valence electrons. The SMILES string of the molecule is O=C1Nc2cccc(-c3ccc(F)cc3)c2C1=CCc1cc(C(=O)O)c[nH]1. The van der Waals surface area contributed by atoms with Crippen LogP contribution in [0.15, 0.2) is 60.8 Å². The first-order chi connectivity index (χ1) is 13.0. The van der Waals surface area contributed by atoms with E-state index in [9.17, 15) is 14.0 Å². The van der Waals surface area contributed by atoms with Crippen molar-refractivity contribution in [2.45, 2.75) is 6.42 Å². The standard InChI is InChI=1S/C21H15FN2O3/c22-14-6-4-12(5-7-14)16-2-1-3-18-19(16)17(20(25)24-18)9-8-15-10-13(11-23-15)21(26)27/h1-7,9-11,23H,8H2,(H,24,25)(H,26,27). The number of H-pyrrole nitrogens is 1. The van der Waals surface area contributed by atoms with Gasteiger partial charge in [-0.05, 0) is 35.4 Å². The quantitative estimate of drug-likeness (QED) is 0.611. The van der Waals surface area contributed by atoms with Crippen molar-refractivity contribution >= 4 is 23.1 Å². The summed E-state index contributed by atoms with van der Waals surface area (Å²) in [4.78, 5) is 26.4. The van der Waals surface area contributed by atoms with Crippen molar-refractivity contribution in [3.8, 4) is 11.1 Å². The number of hydrogen-bond acceptors (Lipinski definition) is 2.